The first-order valence-corrected chi connectivity index (χ1v) is 9.08. The topological polar surface area (TPSA) is 56.7 Å². The Labute approximate surface area is 158 Å². The monoisotopic (exact) mass is 384 g/mol. The number of alkyl halides is 3. The highest BCUT2D eigenvalue weighted by atomic mass is 19.4. The third-order valence-electron chi connectivity index (χ3n) is 4.92. The van der Waals surface area contributed by atoms with E-state index in [0.717, 1.165) is 25.3 Å². The molecule has 27 heavy (non-hydrogen) atoms. The molecule has 1 fully saturated rings. The molecule has 0 unspecified atom stereocenters. The summed E-state index contributed by atoms with van der Waals surface area (Å²) in [6, 6.07) is 5.57. The molecule has 0 atom stereocenters. The van der Waals surface area contributed by atoms with Crippen molar-refractivity contribution in [3.63, 3.8) is 0 Å². The summed E-state index contributed by atoms with van der Waals surface area (Å²) in [5.41, 5.74) is -0.275. The van der Waals surface area contributed by atoms with Crippen LogP contribution in [0, 0.1) is 0 Å². The highest BCUT2D eigenvalue weighted by molar-refractivity contribution is 5.84. The number of hydrogen-bond donors (Lipinski definition) is 2. The smallest absolute Gasteiger partial charge is 0.357 e. The SMILES string of the molecule is CCNC(=NCC(=O)N(C)C)NCC1(c2cccc(C(F)(F)F)c2)CCC1. The fourth-order valence-electron chi connectivity index (χ4n) is 3.08. The lowest BCUT2D eigenvalue weighted by Gasteiger charge is -2.43. The van der Waals surface area contributed by atoms with Gasteiger partial charge in [-0.15, -0.1) is 0 Å². The van der Waals surface area contributed by atoms with Crippen LogP contribution in [0.4, 0.5) is 13.2 Å². The number of nitrogens with one attached hydrogen (secondary N) is 2. The van der Waals surface area contributed by atoms with Crippen molar-refractivity contribution in [1.29, 1.82) is 0 Å². The van der Waals surface area contributed by atoms with Crippen LogP contribution in [0.25, 0.3) is 0 Å². The van der Waals surface area contributed by atoms with Crippen molar-refractivity contribution in [2.45, 2.75) is 37.8 Å². The number of aliphatic imine (C=N–C) groups is 1. The molecule has 0 bridgehead atoms. The van der Waals surface area contributed by atoms with E-state index in [2.05, 4.69) is 15.6 Å². The van der Waals surface area contributed by atoms with Gasteiger partial charge in [-0.1, -0.05) is 24.6 Å². The lowest BCUT2D eigenvalue weighted by atomic mass is 9.64. The molecule has 0 spiro atoms. The molecule has 1 amide bonds. The van der Waals surface area contributed by atoms with Crippen LogP contribution in [-0.4, -0.2) is 50.5 Å². The highest BCUT2D eigenvalue weighted by Gasteiger charge is 2.40. The quantitative estimate of drug-likeness (QED) is 0.586. The van der Waals surface area contributed by atoms with E-state index in [-0.39, 0.29) is 17.9 Å². The van der Waals surface area contributed by atoms with Crippen molar-refractivity contribution in [3.8, 4) is 0 Å². The van der Waals surface area contributed by atoms with Gasteiger partial charge in [0.2, 0.25) is 5.91 Å². The van der Waals surface area contributed by atoms with Gasteiger partial charge < -0.3 is 15.5 Å². The third kappa shape index (κ3) is 5.37. The fraction of sp³-hybridized carbons (Fsp3) is 0.579. The zero-order valence-corrected chi connectivity index (χ0v) is 16.0. The Morgan fingerprint density at radius 3 is 2.48 bits per heavy atom. The summed E-state index contributed by atoms with van der Waals surface area (Å²) in [7, 11) is 3.32. The second-order valence-electron chi connectivity index (χ2n) is 7.05. The first-order chi connectivity index (χ1) is 12.7. The summed E-state index contributed by atoms with van der Waals surface area (Å²) in [6.07, 6.45) is -1.74. The van der Waals surface area contributed by atoms with E-state index in [9.17, 15) is 18.0 Å². The van der Waals surface area contributed by atoms with E-state index in [1.807, 2.05) is 6.92 Å². The summed E-state index contributed by atoms with van der Waals surface area (Å²) in [6.45, 7) is 3.02. The van der Waals surface area contributed by atoms with Crippen LogP contribution in [0.15, 0.2) is 29.3 Å². The summed E-state index contributed by atoms with van der Waals surface area (Å²) >= 11 is 0. The van der Waals surface area contributed by atoms with Crippen LogP contribution in [0.2, 0.25) is 0 Å². The molecular formula is C19H27F3N4O. The molecule has 1 aromatic rings. The van der Waals surface area contributed by atoms with Gasteiger partial charge in [0.05, 0.1) is 5.56 Å². The minimum absolute atomic E-state index is 0.0128. The number of carbonyl (C=O) groups excluding carboxylic acids is 1. The molecule has 150 valence electrons. The molecule has 0 aliphatic heterocycles. The molecule has 0 heterocycles. The van der Waals surface area contributed by atoms with Crippen LogP contribution >= 0.6 is 0 Å². The van der Waals surface area contributed by atoms with Crippen molar-refractivity contribution in [2.24, 2.45) is 4.99 Å². The number of amides is 1. The number of halogens is 3. The Bertz CT molecular complexity index is 682. The van der Waals surface area contributed by atoms with Crippen molar-refractivity contribution >= 4 is 11.9 Å². The molecule has 1 saturated carbocycles. The lowest BCUT2D eigenvalue weighted by Crippen LogP contribution is -2.49. The maximum absolute atomic E-state index is 13.1. The fourth-order valence-corrected chi connectivity index (χ4v) is 3.08. The van der Waals surface area contributed by atoms with Crippen LogP contribution < -0.4 is 10.6 Å². The van der Waals surface area contributed by atoms with Gasteiger partial charge in [-0.25, -0.2) is 4.99 Å². The maximum Gasteiger partial charge on any atom is 0.416 e. The third-order valence-corrected chi connectivity index (χ3v) is 4.92. The van der Waals surface area contributed by atoms with Gasteiger partial charge in [0, 0.05) is 32.6 Å². The van der Waals surface area contributed by atoms with Crippen molar-refractivity contribution in [1.82, 2.24) is 15.5 Å². The molecule has 1 aromatic carbocycles. The van der Waals surface area contributed by atoms with E-state index in [1.54, 1.807) is 20.2 Å². The number of carbonyl (C=O) groups is 1. The molecule has 0 radical (unpaired) electrons. The Morgan fingerprint density at radius 1 is 1.26 bits per heavy atom. The van der Waals surface area contributed by atoms with Crippen molar-refractivity contribution in [2.75, 3.05) is 33.7 Å². The second kappa shape index (κ2) is 8.63. The van der Waals surface area contributed by atoms with Gasteiger partial charge in [0.15, 0.2) is 5.96 Å². The van der Waals surface area contributed by atoms with Gasteiger partial charge in [0.1, 0.15) is 6.54 Å². The summed E-state index contributed by atoms with van der Waals surface area (Å²) in [5.74, 6) is 0.370. The number of hydrogen-bond acceptors (Lipinski definition) is 2. The predicted molar refractivity (Wildman–Crippen MR) is 99.6 cm³/mol. The first kappa shape index (κ1) is 21.1. The Hall–Kier alpha value is -2.25. The van der Waals surface area contributed by atoms with Crippen LogP contribution in [0.3, 0.4) is 0 Å². The van der Waals surface area contributed by atoms with Crippen molar-refractivity contribution < 1.29 is 18.0 Å². The standard InChI is InChI=1S/C19H27F3N4O/c1-4-23-17(24-12-16(27)26(2)3)25-13-18(9-6-10-18)14-7-5-8-15(11-14)19(20,21)22/h5,7-8,11H,4,6,9-10,12-13H2,1-3H3,(H2,23,24,25). The van der Waals surface area contributed by atoms with E-state index in [1.165, 1.54) is 17.0 Å². The molecule has 8 heteroatoms. The van der Waals surface area contributed by atoms with Gasteiger partial charge in [-0.3, -0.25) is 4.79 Å². The van der Waals surface area contributed by atoms with Crippen LogP contribution in [-0.2, 0) is 16.4 Å². The number of rotatable bonds is 6. The van der Waals surface area contributed by atoms with E-state index < -0.39 is 11.7 Å². The summed E-state index contributed by atoms with van der Waals surface area (Å²) in [4.78, 5) is 17.5. The van der Waals surface area contributed by atoms with Crippen LogP contribution in [0.1, 0.15) is 37.3 Å². The Morgan fingerprint density at radius 2 is 1.96 bits per heavy atom. The number of likely N-dealkylation sites (N-methyl/N-ethyl adjacent to an activating group) is 1. The molecule has 0 saturated heterocycles. The average molecular weight is 384 g/mol. The lowest BCUT2D eigenvalue weighted by molar-refractivity contribution is -0.137. The zero-order valence-electron chi connectivity index (χ0n) is 16.0. The van der Waals surface area contributed by atoms with Crippen molar-refractivity contribution in [3.05, 3.63) is 35.4 Å². The normalized spacial score (nSPS) is 16.4. The average Bonchev–Trinajstić information content (AvgIpc) is 2.57. The van der Waals surface area contributed by atoms with Gasteiger partial charge in [0.25, 0.3) is 0 Å². The van der Waals surface area contributed by atoms with Gasteiger partial charge >= 0.3 is 6.18 Å². The molecule has 1 aliphatic carbocycles. The van der Waals surface area contributed by atoms with E-state index in [0.29, 0.717) is 24.6 Å². The number of guanidine groups is 1. The zero-order chi connectivity index (χ0) is 20.1. The minimum Gasteiger partial charge on any atom is -0.357 e. The van der Waals surface area contributed by atoms with E-state index in [4.69, 9.17) is 0 Å². The number of nitrogens with zero attached hydrogens (tertiary/aromatic N) is 2. The maximum atomic E-state index is 13.1. The Kier molecular flexibility index (Phi) is 6.73. The number of benzene rings is 1. The molecule has 0 aromatic heterocycles. The second-order valence-corrected chi connectivity index (χ2v) is 7.05. The largest absolute Gasteiger partial charge is 0.416 e. The van der Waals surface area contributed by atoms with Gasteiger partial charge in [-0.05, 0) is 31.4 Å². The highest BCUT2D eigenvalue weighted by Crippen LogP contribution is 2.44. The predicted octanol–water partition coefficient (Wildman–Crippen LogP) is 2.77. The molecular weight excluding hydrogens is 357 g/mol. The molecule has 2 N–H and O–H groups in total. The Balaban J connectivity index is 2.13. The minimum atomic E-state index is -4.35. The van der Waals surface area contributed by atoms with Gasteiger partial charge in [-0.2, -0.15) is 13.2 Å². The summed E-state index contributed by atoms with van der Waals surface area (Å²) < 4.78 is 39.2. The van der Waals surface area contributed by atoms with E-state index >= 15 is 0 Å². The molecule has 5 nitrogen and oxygen atoms in total. The summed E-state index contributed by atoms with van der Waals surface area (Å²) in [5, 5.41) is 6.27. The first-order valence-electron chi connectivity index (χ1n) is 9.08. The van der Waals surface area contributed by atoms with Crippen LogP contribution in [0.5, 0.6) is 0 Å². The molecule has 1 aliphatic rings. The molecule has 2 rings (SSSR count).